The van der Waals surface area contributed by atoms with Crippen molar-refractivity contribution in [2.45, 2.75) is 27.3 Å². The smallest absolute Gasteiger partial charge is 0.272 e. The zero-order chi connectivity index (χ0) is 19.0. The van der Waals surface area contributed by atoms with Crippen LogP contribution in [0.4, 0.5) is 5.69 Å². The molecule has 3 rings (SSSR count). The van der Waals surface area contributed by atoms with Crippen molar-refractivity contribution in [2.24, 2.45) is 13.0 Å². The molecule has 0 aliphatic rings. The molecule has 2 heterocycles. The fraction of sp³-hybridized carbons (Fsp3) is 0.300. The molecule has 3 aromatic rings. The zero-order valence-electron chi connectivity index (χ0n) is 15.3. The molecule has 0 radical (unpaired) electrons. The summed E-state index contributed by atoms with van der Waals surface area (Å²) in [6.07, 6.45) is 1.79. The highest BCUT2D eigenvalue weighted by Crippen LogP contribution is 2.24. The van der Waals surface area contributed by atoms with Crippen LogP contribution in [0.1, 0.15) is 29.9 Å². The van der Waals surface area contributed by atoms with Gasteiger partial charge in [0.1, 0.15) is 5.69 Å². The van der Waals surface area contributed by atoms with Crippen LogP contribution in [-0.4, -0.2) is 15.0 Å². The van der Waals surface area contributed by atoms with Crippen LogP contribution in [0.15, 0.2) is 41.3 Å². The summed E-state index contributed by atoms with van der Waals surface area (Å²) in [6.45, 7) is 6.62. The van der Waals surface area contributed by atoms with Gasteiger partial charge in [0.25, 0.3) is 11.5 Å². The Kier molecular flexibility index (Phi) is 4.92. The van der Waals surface area contributed by atoms with Crippen LogP contribution in [-0.2, 0) is 13.6 Å². The van der Waals surface area contributed by atoms with Crippen molar-refractivity contribution < 1.29 is 4.79 Å². The fourth-order valence-corrected chi connectivity index (χ4v) is 3.23. The molecule has 6 heteroatoms. The number of aromatic nitrogens is 2. The molecule has 0 saturated heterocycles. The van der Waals surface area contributed by atoms with Crippen LogP contribution in [0, 0.1) is 12.8 Å². The first-order chi connectivity index (χ1) is 12.3. The van der Waals surface area contributed by atoms with Crippen molar-refractivity contribution >= 4 is 34.1 Å². The predicted octanol–water partition coefficient (Wildman–Crippen LogP) is 4.21. The normalized spacial score (nSPS) is 11.3. The fourth-order valence-electron chi connectivity index (χ4n) is 3.06. The Morgan fingerprint density at radius 1 is 1.27 bits per heavy atom. The van der Waals surface area contributed by atoms with Gasteiger partial charge in [-0.25, -0.2) is 0 Å². The van der Waals surface area contributed by atoms with Crippen molar-refractivity contribution in [3.8, 4) is 0 Å². The number of fused-ring (bicyclic) bond motifs is 1. The van der Waals surface area contributed by atoms with Gasteiger partial charge in [0, 0.05) is 30.5 Å². The highest BCUT2D eigenvalue weighted by molar-refractivity contribution is 6.31. The number of nitrogens with zero attached hydrogens (tertiary/aromatic N) is 2. The molecule has 136 valence electrons. The first kappa shape index (κ1) is 18.3. The van der Waals surface area contributed by atoms with E-state index in [4.69, 9.17) is 11.6 Å². The maximum absolute atomic E-state index is 12.8. The van der Waals surface area contributed by atoms with E-state index in [0.29, 0.717) is 34.3 Å². The molecule has 0 aliphatic carbocycles. The number of carbonyl (C=O) groups is 1. The van der Waals surface area contributed by atoms with Gasteiger partial charge in [-0.2, -0.15) is 0 Å². The quantitative estimate of drug-likeness (QED) is 0.746. The van der Waals surface area contributed by atoms with E-state index in [2.05, 4.69) is 19.2 Å². The summed E-state index contributed by atoms with van der Waals surface area (Å²) in [6, 6.07) is 8.90. The van der Waals surface area contributed by atoms with Crippen LogP contribution in [0.5, 0.6) is 0 Å². The molecule has 0 atom stereocenters. The summed E-state index contributed by atoms with van der Waals surface area (Å²) in [5.41, 5.74) is 2.55. The molecule has 5 nitrogen and oxygen atoms in total. The highest BCUT2D eigenvalue weighted by Gasteiger charge is 2.17. The molecular weight excluding hydrogens is 350 g/mol. The molecule has 0 fully saturated rings. The number of halogens is 1. The lowest BCUT2D eigenvalue weighted by Crippen LogP contribution is -2.21. The van der Waals surface area contributed by atoms with Gasteiger partial charge in [0.2, 0.25) is 0 Å². The first-order valence-electron chi connectivity index (χ1n) is 8.55. The second-order valence-corrected chi connectivity index (χ2v) is 7.33. The second-order valence-electron chi connectivity index (χ2n) is 6.92. The Balaban J connectivity index is 2.01. The number of hydrogen-bond acceptors (Lipinski definition) is 2. The van der Waals surface area contributed by atoms with Gasteiger partial charge in [0.05, 0.1) is 10.9 Å². The Morgan fingerprint density at radius 3 is 2.69 bits per heavy atom. The summed E-state index contributed by atoms with van der Waals surface area (Å²) < 4.78 is 3.43. The summed E-state index contributed by atoms with van der Waals surface area (Å²) in [4.78, 5) is 25.5. The molecule has 2 aromatic heterocycles. The largest absolute Gasteiger partial charge is 0.339 e. The lowest BCUT2D eigenvalue weighted by molar-refractivity contribution is 0.101. The van der Waals surface area contributed by atoms with Crippen molar-refractivity contribution in [2.75, 3.05) is 5.32 Å². The third kappa shape index (κ3) is 3.27. The highest BCUT2D eigenvalue weighted by atomic mass is 35.5. The number of hydrogen-bond donors (Lipinski definition) is 1. The zero-order valence-corrected chi connectivity index (χ0v) is 16.1. The number of aryl methyl sites for hydroxylation is 1. The first-order valence-corrected chi connectivity index (χ1v) is 8.92. The minimum absolute atomic E-state index is 0.0789. The minimum atomic E-state index is -0.274. The third-order valence-electron chi connectivity index (χ3n) is 4.49. The number of nitrogens with one attached hydrogen (secondary N) is 1. The molecule has 0 bridgehead atoms. The van der Waals surface area contributed by atoms with E-state index < -0.39 is 0 Å². The predicted molar refractivity (Wildman–Crippen MR) is 106 cm³/mol. The Hall–Kier alpha value is -2.53. The molecule has 0 saturated carbocycles. The average Bonchev–Trinajstić information content (AvgIpc) is 2.92. The van der Waals surface area contributed by atoms with Gasteiger partial charge in [-0.1, -0.05) is 31.5 Å². The lowest BCUT2D eigenvalue weighted by Gasteiger charge is -2.10. The molecule has 1 aromatic carbocycles. The minimum Gasteiger partial charge on any atom is -0.339 e. The van der Waals surface area contributed by atoms with Crippen molar-refractivity contribution in [3.63, 3.8) is 0 Å². The van der Waals surface area contributed by atoms with Crippen molar-refractivity contribution in [1.82, 2.24) is 9.13 Å². The van der Waals surface area contributed by atoms with E-state index in [1.807, 2.05) is 13.0 Å². The van der Waals surface area contributed by atoms with Crippen molar-refractivity contribution in [1.29, 1.82) is 0 Å². The van der Waals surface area contributed by atoms with Crippen LogP contribution in [0.3, 0.4) is 0 Å². The van der Waals surface area contributed by atoms with E-state index in [9.17, 15) is 9.59 Å². The number of carbonyl (C=O) groups excluding carboxylic acids is 1. The summed E-state index contributed by atoms with van der Waals surface area (Å²) >= 11 is 6.12. The lowest BCUT2D eigenvalue weighted by atomic mass is 10.2. The molecule has 1 amide bonds. The van der Waals surface area contributed by atoms with Gasteiger partial charge in [-0.05, 0) is 42.7 Å². The third-order valence-corrected chi connectivity index (χ3v) is 4.90. The maximum Gasteiger partial charge on any atom is 0.272 e. The topological polar surface area (TPSA) is 56.0 Å². The number of rotatable bonds is 4. The van der Waals surface area contributed by atoms with Gasteiger partial charge in [-0.3, -0.25) is 9.59 Å². The summed E-state index contributed by atoms with van der Waals surface area (Å²) in [7, 11) is 1.79. The van der Waals surface area contributed by atoms with E-state index >= 15 is 0 Å². The molecular formula is C20H22ClN3O2. The summed E-state index contributed by atoms with van der Waals surface area (Å²) in [5, 5.41) is 4.02. The number of benzene rings is 1. The standard InChI is InChI=1S/C20H22ClN3O2/c1-12(2)11-24-9-8-17-14(20(24)26)10-18(23(17)4)19(25)22-16-7-5-6-15(21)13(16)3/h5-10,12H,11H2,1-4H3,(H,22,25). The number of amides is 1. The van der Waals surface area contributed by atoms with Crippen molar-refractivity contribution in [3.05, 3.63) is 63.2 Å². The van der Waals surface area contributed by atoms with E-state index in [-0.39, 0.29) is 11.5 Å². The average molecular weight is 372 g/mol. The van der Waals surface area contributed by atoms with Gasteiger partial charge in [-0.15, -0.1) is 0 Å². The van der Waals surface area contributed by atoms with Gasteiger partial charge in [0.15, 0.2) is 0 Å². The Morgan fingerprint density at radius 2 is 2.00 bits per heavy atom. The Labute approximate surface area is 157 Å². The molecule has 0 spiro atoms. The van der Waals surface area contributed by atoms with Crippen LogP contribution < -0.4 is 10.9 Å². The van der Waals surface area contributed by atoms with Crippen LogP contribution in [0.2, 0.25) is 5.02 Å². The summed E-state index contributed by atoms with van der Waals surface area (Å²) in [5.74, 6) is 0.0892. The van der Waals surface area contributed by atoms with E-state index in [1.54, 1.807) is 46.6 Å². The SMILES string of the molecule is Cc1c(Cl)cccc1NC(=O)c1cc2c(=O)n(CC(C)C)ccc2n1C. The van der Waals surface area contributed by atoms with Crippen LogP contribution >= 0.6 is 11.6 Å². The van der Waals surface area contributed by atoms with E-state index in [1.165, 1.54) is 0 Å². The second kappa shape index (κ2) is 7.00. The number of anilines is 1. The maximum atomic E-state index is 12.8. The number of pyridine rings is 1. The van der Waals surface area contributed by atoms with E-state index in [0.717, 1.165) is 11.1 Å². The van der Waals surface area contributed by atoms with Crippen LogP contribution in [0.25, 0.3) is 10.9 Å². The molecule has 0 unspecified atom stereocenters. The monoisotopic (exact) mass is 371 g/mol. The Bertz CT molecular complexity index is 1050. The van der Waals surface area contributed by atoms with Gasteiger partial charge < -0.3 is 14.5 Å². The molecule has 0 aliphatic heterocycles. The molecule has 26 heavy (non-hydrogen) atoms. The molecule has 1 N–H and O–H groups in total. The van der Waals surface area contributed by atoms with Gasteiger partial charge >= 0.3 is 0 Å².